The van der Waals surface area contributed by atoms with E-state index in [1.54, 1.807) is 13.3 Å². The van der Waals surface area contributed by atoms with Crippen molar-refractivity contribution in [2.45, 2.75) is 32.0 Å². The summed E-state index contributed by atoms with van der Waals surface area (Å²) < 4.78 is 11.3. The molecule has 5 rings (SSSR count). The fraction of sp³-hybridized carbons (Fsp3) is 0.476. The summed E-state index contributed by atoms with van der Waals surface area (Å²) in [5.74, 6) is 1.67. The number of pyridine rings is 1. The van der Waals surface area contributed by atoms with Gasteiger partial charge in [-0.15, -0.1) is 0 Å². The molecule has 0 aromatic carbocycles. The van der Waals surface area contributed by atoms with E-state index in [-0.39, 0.29) is 5.56 Å². The zero-order valence-corrected chi connectivity index (χ0v) is 16.6. The van der Waals surface area contributed by atoms with Crippen LogP contribution in [0, 0.1) is 5.92 Å². The molecule has 3 aromatic heterocycles. The average molecular weight is 394 g/mol. The molecule has 3 aromatic rings. The van der Waals surface area contributed by atoms with Crippen LogP contribution < -0.4 is 10.9 Å². The minimum Gasteiger partial charge on any atom is -0.383 e. The zero-order valence-electron chi connectivity index (χ0n) is 16.6. The first kappa shape index (κ1) is 18.3. The smallest absolute Gasteiger partial charge is 0.261 e. The van der Waals surface area contributed by atoms with Crippen molar-refractivity contribution in [2.24, 2.45) is 5.92 Å². The number of ether oxygens (including phenoxy) is 1. The Morgan fingerprint density at radius 3 is 3.10 bits per heavy atom. The van der Waals surface area contributed by atoms with E-state index in [1.807, 2.05) is 33.9 Å². The van der Waals surface area contributed by atoms with Crippen molar-refractivity contribution in [1.29, 1.82) is 0 Å². The van der Waals surface area contributed by atoms with Crippen molar-refractivity contribution < 1.29 is 4.74 Å². The number of nitrogens with zero attached hydrogens (tertiary/aromatic N) is 5. The fourth-order valence-electron chi connectivity index (χ4n) is 4.69. The number of nitrogens with one attached hydrogen (secondary N) is 1. The van der Waals surface area contributed by atoms with Crippen LogP contribution in [0.2, 0.25) is 0 Å². The summed E-state index contributed by atoms with van der Waals surface area (Å²) in [5.41, 5.74) is 2.94. The summed E-state index contributed by atoms with van der Waals surface area (Å²) in [6.45, 7) is 4.71. The molecule has 0 amide bonds. The standard InChI is InChI=1S/C21H26N6O2/c1-29-7-6-26-14-23-11-17(26)13-25-5-4-24-20(25)18-2-3-19-16-8-15(9-22-10-16)12-27(19)21(18)28/h2-5,11,14-16,22H,6-10,12-13H2,1H3/t15-,16+/m0/s1. The first-order valence-electron chi connectivity index (χ1n) is 10.2. The molecular weight excluding hydrogens is 368 g/mol. The molecule has 0 radical (unpaired) electrons. The van der Waals surface area contributed by atoms with Crippen molar-refractivity contribution in [3.8, 4) is 11.4 Å². The van der Waals surface area contributed by atoms with Crippen LogP contribution in [0.5, 0.6) is 0 Å². The maximum Gasteiger partial charge on any atom is 0.261 e. The second-order valence-corrected chi connectivity index (χ2v) is 7.99. The van der Waals surface area contributed by atoms with Gasteiger partial charge in [0.1, 0.15) is 5.82 Å². The van der Waals surface area contributed by atoms with Gasteiger partial charge in [0.15, 0.2) is 0 Å². The van der Waals surface area contributed by atoms with Gasteiger partial charge < -0.3 is 23.8 Å². The first-order chi connectivity index (χ1) is 14.2. The second-order valence-electron chi connectivity index (χ2n) is 7.99. The summed E-state index contributed by atoms with van der Waals surface area (Å²) in [4.78, 5) is 22.2. The number of aromatic nitrogens is 5. The molecule has 0 spiro atoms. The lowest BCUT2D eigenvalue weighted by atomic mass is 9.84. The maximum absolute atomic E-state index is 13.4. The lowest BCUT2D eigenvalue weighted by molar-refractivity contribution is 0.186. The highest BCUT2D eigenvalue weighted by atomic mass is 16.5. The van der Waals surface area contributed by atoms with Gasteiger partial charge in [-0.3, -0.25) is 4.79 Å². The Labute approximate surface area is 169 Å². The van der Waals surface area contributed by atoms with Gasteiger partial charge in [-0.25, -0.2) is 9.97 Å². The monoisotopic (exact) mass is 394 g/mol. The summed E-state index contributed by atoms with van der Waals surface area (Å²) in [6.07, 6.45) is 8.52. The van der Waals surface area contributed by atoms with Crippen molar-refractivity contribution in [1.82, 2.24) is 29.0 Å². The number of fused-ring (bicyclic) bond motifs is 4. The molecule has 2 aliphatic heterocycles. The second kappa shape index (κ2) is 7.61. The Hall–Kier alpha value is -2.71. The number of methoxy groups -OCH3 is 1. The molecule has 1 N–H and O–H groups in total. The first-order valence-corrected chi connectivity index (χ1v) is 10.2. The Bertz CT molecular complexity index is 1070. The highest BCUT2D eigenvalue weighted by Gasteiger charge is 2.31. The fourth-order valence-corrected chi connectivity index (χ4v) is 4.69. The molecular formula is C21H26N6O2. The quantitative estimate of drug-likeness (QED) is 0.682. The van der Waals surface area contributed by atoms with E-state index in [1.165, 1.54) is 6.42 Å². The van der Waals surface area contributed by atoms with Crippen LogP contribution in [-0.4, -0.2) is 50.5 Å². The lowest BCUT2D eigenvalue weighted by Gasteiger charge is -2.37. The number of rotatable bonds is 6. The van der Waals surface area contributed by atoms with Gasteiger partial charge in [-0.05, 0) is 31.0 Å². The zero-order chi connectivity index (χ0) is 19.8. The lowest BCUT2D eigenvalue weighted by Crippen LogP contribution is -2.45. The topological polar surface area (TPSA) is 78.9 Å². The minimum absolute atomic E-state index is 0.0689. The van der Waals surface area contributed by atoms with E-state index >= 15 is 0 Å². The molecule has 8 nitrogen and oxygen atoms in total. The van der Waals surface area contributed by atoms with Gasteiger partial charge in [0.2, 0.25) is 0 Å². The van der Waals surface area contributed by atoms with E-state index in [4.69, 9.17) is 4.74 Å². The van der Waals surface area contributed by atoms with Crippen molar-refractivity contribution in [3.05, 3.63) is 58.8 Å². The average Bonchev–Trinajstić information content (AvgIpc) is 3.37. The highest BCUT2D eigenvalue weighted by molar-refractivity contribution is 5.55. The van der Waals surface area contributed by atoms with Gasteiger partial charge in [-0.1, -0.05) is 0 Å². The highest BCUT2D eigenvalue weighted by Crippen LogP contribution is 2.32. The molecule has 0 unspecified atom stereocenters. The van der Waals surface area contributed by atoms with Gasteiger partial charge >= 0.3 is 0 Å². The van der Waals surface area contributed by atoms with E-state index in [9.17, 15) is 4.79 Å². The number of imidazole rings is 2. The number of piperidine rings is 1. The summed E-state index contributed by atoms with van der Waals surface area (Å²) >= 11 is 0. The van der Waals surface area contributed by atoms with Crippen LogP contribution in [-0.2, 0) is 24.4 Å². The normalized spacial score (nSPS) is 20.6. The van der Waals surface area contributed by atoms with Gasteiger partial charge in [0.25, 0.3) is 5.56 Å². The third-order valence-electron chi connectivity index (χ3n) is 6.13. The van der Waals surface area contributed by atoms with Crippen molar-refractivity contribution in [2.75, 3.05) is 26.8 Å². The molecule has 0 aliphatic carbocycles. The largest absolute Gasteiger partial charge is 0.383 e. The Morgan fingerprint density at radius 2 is 2.21 bits per heavy atom. The molecule has 8 heteroatoms. The van der Waals surface area contributed by atoms with Crippen LogP contribution in [0.4, 0.5) is 0 Å². The number of hydrogen-bond acceptors (Lipinski definition) is 5. The maximum atomic E-state index is 13.4. The van der Waals surface area contributed by atoms with Gasteiger partial charge in [0.05, 0.1) is 30.7 Å². The summed E-state index contributed by atoms with van der Waals surface area (Å²) in [6, 6.07) is 4.07. The van der Waals surface area contributed by atoms with Crippen molar-refractivity contribution >= 4 is 0 Å². The van der Waals surface area contributed by atoms with Crippen LogP contribution in [0.3, 0.4) is 0 Å². The molecule has 5 heterocycles. The Balaban J connectivity index is 1.48. The Morgan fingerprint density at radius 1 is 1.28 bits per heavy atom. The van der Waals surface area contributed by atoms with Crippen molar-refractivity contribution in [3.63, 3.8) is 0 Å². The molecule has 2 atom stereocenters. The molecule has 0 saturated carbocycles. The molecule has 1 fully saturated rings. The molecule has 29 heavy (non-hydrogen) atoms. The SMILES string of the molecule is COCCn1cncc1Cn1ccnc1-c1ccc2n(c1=O)C[C@@H]1CNC[C@H]2C1. The third-order valence-corrected chi connectivity index (χ3v) is 6.13. The van der Waals surface area contributed by atoms with Crippen LogP contribution in [0.15, 0.2) is 41.8 Å². The van der Waals surface area contributed by atoms with E-state index in [0.29, 0.717) is 36.4 Å². The van der Waals surface area contributed by atoms with E-state index in [2.05, 4.69) is 25.9 Å². The van der Waals surface area contributed by atoms with E-state index in [0.717, 1.165) is 37.6 Å². The van der Waals surface area contributed by atoms with E-state index < -0.39 is 0 Å². The molecule has 2 bridgehead atoms. The minimum atomic E-state index is 0.0689. The summed E-state index contributed by atoms with van der Waals surface area (Å²) in [5, 5.41) is 3.49. The predicted molar refractivity (Wildman–Crippen MR) is 109 cm³/mol. The summed E-state index contributed by atoms with van der Waals surface area (Å²) in [7, 11) is 1.69. The van der Waals surface area contributed by atoms with Gasteiger partial charge in [-0.2, -0.15) is 0 Å². The van der Waals surface area contributed by atoms with Crippen LogP contribution >= 0.6 is 0 Å². The van der Waals surface area contributed by atoms with Gasteiger partial charge in [0, 0.05) is 56.9 Å². The van der Waals surface area contributed by atoms with Crippen LogP contribution in [0.1, 0.15) is 23.7 Å². The molecule has 1 saturated heterocycles. The predicted octanol–water partition coefficient (Wildman–Crippen LogP) is 1.31. The third kappa shape index (κ3) is 3.32. The van der Waals surface area contributed by atoms with Crippen LogP contribution in [0.25, 0.3) is 11.4 Å². The number of hydrogen-bond donors (Lipinski definition) is 1. The molecule has 2 aliphatic rings. The Kier molecular flexibility index (Phi) is 4.81. The molecule has 152 valence electrons.